The lowest BCUT2D eigenvalue weighted by atomic mass is 10.2. The van der Waals surface area contributed by atoms with Crippen molar-refractivity contribution in [3.05, 3.63) is 41.6 Å². The molecular weight excluding hydrogens is 172 g/mol. The maximum atomic E-state index is 5.78. The first kappa shape index (κ1) is 8.97. The van der Waals surface area contributed by atoms with Crippen LogP contribution in [0.5, 0.6) is 0 Å². The molecule has 0 unspecified atom stereocenters. The molecule has 0 atom stereocenters. The first-order valence-electron chi connectivity index (χ1n) is 3.36. The second-order valence-electron chi connectivity index (χ2n) is 2.34. The number of halogens is 1. The second-order valence-corrected chi connectivity index (χ2v) is 2.78. The van der Waals surface area contributed by atoms with Gasteiger partial charge in [-0.3, -0.25) is 4.98 Å². The topological polar surface area (TPSA) is 47.9 Å². The fourth-order valence-corrected chi connectivity index (χ4v) is 1.21. The van der Waals surface area contributed by atoms with Gasteiger partial charge >= 0.3 is 0 Å². The normalized spacial score (nSPS) is 9.42. The first-order chi connectivity index (χ1) is 5.36. The Morgan fingerprint density at radius 3 is 2.83 bits per heavy atom. The molecule has 12 heavy (non-hydrogen) atoms. The molecule has 1 heterocycles. The van der Waals surface area contributed by atoms with E-state index in [2.05, 4.69) is 4.98 Å². The van der Waals surface area contributed by atoms with Crippen LogP contribution in [0.1, 0.15) is 0 Å². The Balaban J connectivity index is 0.000000720. The molecule has 0 aliphatic heterocycles. The summed E-state index contributed by atoms with van der Waals surface area (Å²) in [5, 5.41) is 1.85. The zero-order chi connectivity index (χ0) is 7.68. The summed E-state index contributed by atoms with van der Waals surface area (Å²) in [5.41, 5.74) is 0.944. The summed E-state index contributed by atoms with van der Waals surface area (Å²) in [5.74, 6) is 0. The van der Waals surface area contributed by atoms with Crippen molar-refractivity contribution in [1.82, 2.24) is 11.1 Å². The Bertz CT molecular complexity index is 387. The molecule has 0 aliphatic rings. The van der Waals surface area contributed by atoms with Gasteiger partial charge in [0.15, 0.2) is 0 Å². The van der Waals surface area contributed by atoms with Gasteiger partial charge in [0.25, 0.3) is 0 Å². The molecule has 0 aliphatic carbocycles. The molecule has 0 saturated heterocycles. The summed E-state index contributed by atoms with van der Waals surface area (Å²) in [7, 11) is 0. The zero-order valence-corrected chi connectivity index (χ0v) is 7.25. The summed E-state index contributed by atoms with van der Waals surface area (Å²) in [6.45, 7) is 0. The SMILES string of the molecule is Clc1ccc2cccnc2c1.N. The van der Waals surface area contributed by atoms with Crippen molar-refractivity contribution in [2.45, 2.75) is 0 Å². The molecule has 2 rings (SSSR count). The van der Waals surface area contributed by atoms with Crippen LogP contribution < -0.4 is 6.15 Å². The summed E-state index contributed by atoms with van der Waals surface area (Å²) in [4.78, 5) is 4.16. The smallest absolute Gasteiger partial charge is 0.0716 e. The number of nitrogens with zero attached hydrogens (tertiary/aromatic N) is 1. The highest BCUT2D eigenvalue weighted by Crippen LogP contribution is 2.16. The minimum atomic E-state index is 0. The van der Waals surface area contributed by atoms with Crippen LogP contribution in [0, 0.1) is 0 Å². The van der Waals surface area contributed by atoms with Crippen molar-refractivity contribution in [2.75, 3.05) is 0 Å². The van der Waals surface area contributed by atoms with Crippen molar-refractivity contribution in [1.29, 1.82) is 0 Å². The Labute approximate surface area is 75.8 Å². The van der Waals surface area contributed by atoms with Crippen molar-refractivity contribution in [3.63, 3.8) is 0 Å². The number of hydrogen-bond acceptors (Lipinski definition) is 2. The minimum absolute atomic E-state index is 0. The van der Waals surface area contributed by atoms with Crippen LogP contribution in [0.3, 0.4) is 0 Å². The van der Waals surface area contributed by atoms with Crippen LogP contribution in [0.25, 0.3) is 10.9 Å². The minimum Gasteiger partial charge on any atom is -0.344 e. The van der Waals surface area contributed by atoms with Crippen LogP contribution in [0.2, 0.25) is 5.02 Å². The van der Waals surface area contributed by atoms with E-state index < -0.39 is 0 Å². The predicted octanol–water partition coefficient (Wildman–Crippen LogP) is 3.05. The third kappa shape index (κ3) is 1.55. The van der Waals surface area contributed by atoms with Gasteiger partial charge in [-0.15, -0.1) is 0 Å². The van der Waals surface area contributed by atoms with E-state index in [-0.39, 0.29) is 6.15 Å². The molecule has 3 N–H and O–H groups in total. The van der Waals surface area contributed by atoms with Crippen molar-refractivity contribution in [2.24, 2.45) is 0 Å². The average Bonchev–Trinajstić information content (AvgIpc) is 2.04. The van der Waals surface area contributed by atoms with E-state index in [1.807, 2.05) is 30.3 Å². The Morgan fingerprint density at radius 1 is 1.17 bits per heavy atom. The molecule has 0 bridgehead atoms. The number of rotatable bonds is 0. The summed E-state index contributed by atoms with van der Waals surface area (Å²) >= 11 is 5.78. The number of hydrogen-bond donors (Lipinski definition) is 1. The third-order valence-corrected chi connectivity index (χ3v) is 1.80. The number of fused-ring (bicyclic) bond motifs is 1. The van der Waals surface area contributed by atoms with Crippen LogP contribution in [0.4, 0.5) is 0 Å². The summed E-state index contributed by atoms with van der Waals surface area (Å²) in [6, 6.07) is 9.61. The van der Waals surface area contributed by atoms with E-state index in [4.69, 9.17) is 11.6 Å². The quantitative estimate of drug-likeness (QED) is 0.678. The van der Waals surface area contributed by atoms with Gasteiger partial charge in [0.05, 0.1) is 5.52 Å². The van der Waals surface area contributed by atoms with Crippen LogP contribution in [0.15, 0.2) is 36.5 Å². The molecule has 0 spiro atoms. The maximum absolute atomic E-state index is 5.78. The molecule has 2 nitrogen and oxygen atoms in total. The van der Waals surface area contributed by atoms with E-state index in [9.17, 15) is 0 Å². The van der Waals surface area contributed by atoms with Gasteiger partial charge in [-0.25, -0.2) is 0 Å². The second kappa shape index (κ2) is 3.52. The fourth-order valence-electron chi connectivity index (χ4n) is 1.04. The van der Waals surface area contributed by atoms with Crippen LogP contribution >= 0.6 is 11.6 Å². The van der Waals surface area contributed by atoms with Crippen molar-refractivity contribution >= 4 is 22.5 Å². The lowest BCUT2D eigenvalue weighted by Crippen LogP contribution is -1.75. The van der Waals surface area contributed by atoms with Gasteiger partial charge in [0.2, 0.25) is 0 Å². The van der Waals surface area contributed by atoms with E-state index in [1.54, 1.807) is 6.20 Å². The Hall–Kier alpha value is -1.12. The summed E-state index contributed by atoms with van der Waals surface area (Å²) in [6.07, 6.45) is 1.76. The van der Waals surface area contributed by atoms with Gasteiger partial charge in [0, 0.05) is 16.6 Å². The number of pyridine rings is 1. The van der Waals surface area contributed by atoms with Crippen LogP contribution in [-0.4, -0.2) is 4.98 Å². The predicted molar refractivity (Wildman–Crippen MR) is 51.8 cm³/mol. The molecule has 0 amide bonds. The number of benzene rings is 1. The molecule has 0 radical (unpaired) electrons. The molecule has 2 aromatic rings. The molecule has 1 aromatic heterocycles. The lowest BCUT2D eigenvalue weighted by molar-refractivity contribution is 1.41. The molecule has 3 heteroatoms. The largest absolute Gasteiger partial charge is 0.344 e. The molecule has 0 saturated carbocycles. The summed E-state index contributed by atoms with van der Waals surface area (Å²) < 4.78 is 0. The Kier molecular flexibility index (Phi) is 2.63. The molecular formula is C9H9ClN2. The van der Waals surface area contributed by atoms with Crippen molar-refractivity contribution < 1.29 is 0 Å². The van der Waals surface area contributed by atoms with Gasteiger partial charge in [-0.2, -0.15) is 0 Å². The van der Waals surface area contributed by atoms with Gasteiger partial charge < -0.3 is 6.15 Å². The van der Waals surface area contributed by atoms with E-state index in [0.717, 1.165) is 15.9 Å². The fraction of sp³-hybridized carbons (Fsp3) is 0. The monoisotopic (exact) mass is 180 g/mol. The molecule has 0 fully saturated rings. The van der Waals surface area contributed by atoms with Gasteiger partial charge in [0.1, 0.15) is 0 Å². The highest BCUT2D eigenvalue weighted by Gasteiger charge is 1.92. The van der Waals surface area contributed by atoms with E-state index >= 15 is 0 Å². The molecule has 62 valence electrons. The number of aromatic nitrogens is 1. The zero-order valence-electron chi connectivity index (χ0n) is 6.50. The highest BCUT2D eigenvalue weighted by molar-refractivity contribution is 6.31. The van der Waals surface area contributed by atoms with Gasteiger partial charge in [-0.05, 0) is 18.2 Å². The standard InChI is InChI=1S/C9H6ClN.H3N/c10-8-4-3-7-2-1-5-11-9(7)6-8;/h1-6H;1H3. The third-order valence-electron chi connectivity index (χ3n) is 1.57. The average molecular weight is 181 g/mol. The van der Waals surface area contributed by atoms with E-state index in [1.165, 1.54) is 0 Å². The maximum Gasteiger partial charge on any atom is 0.0716 e. The lowest BCUT2D eigenvalue weighted by Gasteiger charge is -1.94. The van der Waals surface area contributed by atoms with Crippen LogP contribution in [-0.2, 0) is 0 Å². The van der Waals surface area contributed by atoms with E-state index in [0.29, 0.717) is 0 Å². The highest BCUT2D eigenvalue weighted by atomic mass is 35.5. The molecule has 1 aromatic carbocycles. The first-order valence-corrected chi connectivity index (χ1v) is 3.74. The van der Waals surface area contributed by atoms with Crippen molar-refractivity contribution in [3.8, 4) is 0 Å². The Morgan fingerprint density at radius 2 is 2.00 bits per heavy atom. The van der Waals surface area contributed by atoms with Gasteiger partial charge in [-0.1, -0.05) is 23.7 Å².